The summed E-state index contributed by atoms with van der Waals surface area (Å²) in [7, 11) is 3.02. The molecule has 0 aliphatic heterocycles. The molecule has 0 aliphatic carbocycles. The molecule has 0 aromatic rings. The van der Waals surface area contributed by atoms with Crippen LogP contribution in [0, 0.1) is 0 Å². The molecule has 0 radical (unpaired) electrons. The van der Waals surface area contributed by atoms with Crippen molar-refractivity contribution in [2.24, 2.45) is 5.73 Å². The molecule has 0 aromatic carbocycles. The smallest absolute Gasteiger partial charge is 0.250 e. The van der Waals surface area contributed by atoms with Crippen LogP contribution >= 0.6 is 0 Å². The van der Waals surface area contributed by atoms with Gasteiger partial charge in [-0.15, -0.1) is 0 Å². The van der Waals surface area contributed by atoms with Gasteiger partial charge in [0.05, 0.1) is 6.61 Å². The van der Waals surface area contributed by atoms with Gasteiger partial charge in [-0.2, -0.15) is 0 Å². The Hall–Kier alpha value is -0.650. The van der Waals surface area contributed by atoms with Crippen molar-refractivity contribution in [3.8, 4) is 0 Å². The number of nitrogens with two attached hydrogens (primary N) is 1. The maximum Gasteiger partial charge on any atom is 0.250 e. The van der Waals surface area contributed by atoms with Crippen LogP contribution in [0.1, 0.15) is 0 Å². The second-order valence-corrected chi connectivity index (χ2v) is 2.24. The maximum atomic E-state index is 11.1. The summed E-state index contributed by atoms with van der Waals surface area (Å²) in [6.45, 7) is 1.16. The van der Waals surface area contributed by atoms with E-state index in [4.69, 9.17) is 15.2 Å². The number of hydrogen-bond donors (Lipinski definition) is 2. The van der Waals surface area contributed by atoms with Crippen LogP contribution in [0.4, 0.5) is 0 Å². The molecule has 0 rings (SSSR count). The highest BCUT2D eigenvalue weighted by molar-refractivity contribution is 5.80. The van der Waals surface area contributed by atoms with Crippen LogP contribution in [0.5, 0.6) is 0 Å². The van der Waals surface area contributed by atoms with E-state index in [1.54, 1.807) is 7.11 Å². The summed E-state index contributed by atoms with van der Waals surface area (Å²) < 4.78 is 9.57. The highest BCUT2D eigenvalue weighted by Gasteiger charge is 2.13. The number of methoxy groups -OCH3 is 2. The SMILES string of the molecule is COCCNC(=O)C(CN)OC. The van der Waals surface area contributed by atoms with Gasteiger partial charge >= 0.3 is 0 Å². The van der Waals surface area contributed by atoms with Gasteiger partial charge in [0.25, 0.3) is 5.91 Å². The second kappa shape index (κ2) is 7.02. The zero-order chi connectivity index (χ0) is 9.40. The summed E-state index contributed by atoms with van der Waals surface area (Å²) >= 11 is 0. The average Bonchev–Trinajstić information content (AvgIpc) is 2.07. The highest BCUT2D eigenvalue weighted by Crippen LogP contribution is 1.85. The number of carbonyl (C=O) groups is 1. The zero-order valence-electron chi connectivity index (χ0n) is 7.50. The van der Waals surface area contributed by atoms with E-state index in [-0.39, 0.29) is 12.5 Å². The van der Waals surface area contributed by atoms with Gasteiger partial charge in [0.1, 0.15) is 6.10 Å². The molecule has 0 spiro atoms. The lowest BCUT2D eigenvalue weighted by atomic mass is 10.3. The van der Waals surface area contributed by atoms with Crippen molar-refractivity contribution in [3.63, 3.8) is 0 Å². The lowest BCUT2D eigenvalue weighted by Gasteiger charge is -2.12. The van der Waals surface area contributed by atoms with Crippen molar-refractivity contribution < 1.29 is 14.3 Å². The Kier molecular flexibility index (Phi) is 6.64. The first-order valence-corrected chi connectivity index (χ1v) is 3.75. The standard InChI is InChI=1S/C7H16N2O3/c1-11-4-3-9-7(10)6(5-8)12-2/h6H,3-5,8H2,1-2H3,(H,9,10). The predicted molar refractivity (Wildman–Crippen MR) is 44.7 cm³/mol. The molecule has 1 unspecified atom stereocenters. The van der Waals surface area contributed by atoms with Crippen LogP contribution in [0.3, 0.4) is 0 Å². The van der Waals surface area contributed by atoms with Crippen molar-refractivity contribution in [3.05, 3.63) is 0 Å². The van der Waals surface area contributed by atoms with Crippen molar-refractivity contribution >= 4 is 5.91 Å². The molecule has 1 atom stereocenters. The molecule has 0 heterocycles. The van der Waals surface area contributed by atoms with E-state index in [2.05, 4.69) is 5.32 Å². The lowest BCUT2D eigenvalue weighted by Crippen LogP contribution is -2.41. The predicted octanol–water partition coefficient (Wildman–Crippen LogP) is -1.28. The quantitative estimate of drug-likeness (QED) is 0.494. The zero-order valence-corrected chi connectivity index (χ0v) is 7.50. The van der Waals surface area contributed by atoms with Gasteiger partial charge in [0, 0.05) is 27.3 Å². The molecule has 0 bridgehead atoms. The first-order valence-electron chi connectivity index (χ1n) is 3.75. The molecule has 72 valence electrons. The third-order valence-corrected chi connectivity index (χ3v) is 1.40. The minimum absolute atomic E-state index is 0.190. The van der Waals surface area contributed by atoms with E-state index in [1.807, 2.05) is 0 Å². The Morgan fingerprint density at radius 3 is 2.67 bits per heavy atom. The second-order valence-electron chi connectivity index (χ2n) is 2.24. The summed E-state index contributed by atoms with van der Waals surface area (Å²) in [6.07, 6.45) is -0.554. The fourth-order valence-electron chi connectivity index (χ4n) is 0.700. The molecule has 5 heteroatoms. The van der Waals surface area contributed by atoms with E-state index in [1.165, 1.54) is 7.11 Å². The molecule has 0 aromatic heterocycles. The van der Waals surface area contributed by atoms with Crippen molar-refractivity contribution in [2.75, 3.05) is 33.9 Å². The number of amides is 1. The molecule has 0 saturated carbocycles. The first kappa shape index (κ1) is 11.4. The number of rotatable bonds is 6. The van der Waals surface area contributed by atoms with E-state index in [0.717, 1.165) is 0 Å². The minimum Gasteiger partial charge on any atom is -0.383 e. The Balaban J connectivity index is 3.54. The van der Waals surface area contributed by atoms with Gasteiger partial charge < -0.3 is 20.5 Å². The van der Waals surface area contributed by atoms with Gasteiger partial charge in [-0.1, -0.05) is 0 Å². The highest BCUT2D eigenvalue weighted by atomic mass is 16.5. The summed E-state index contributed by atoms with van der Waals surface area (Å²) in [5.74, 6) is -0.197. The van der Waals surface area contributed by atoms with Gasteiger partial charge in [-0.05, 0) is 0 Å². The van der Waals surface area contributed by atoms with Crippen molar-refractivity contribution in [1.82, 2.24) is 5.32 Å². The fourth-order valence-corrected chi connectivity index (χ4v) is 0.700. The van der Waals surface area contributed by atoms with E-state index < -0.39 is 6.10 Å². The van der Waals surface area contributed by atoms with Gasteiger partial charge in [0.2, 0.25) is 0 Å². The van der Waals surface area contributed by atoms with Crippen LogP contribution in [0.15, 0.2) is 0 Å². The molecule has 5 nitrogen and oxygen atoms in total. The molecule has 0 saturated heterocycles. The van der Waals surface area contributed by atoms with Gasteiger partial charge in [0.15, 0.2) is 0 Å². The third kappa shape index (κ3) is 4.27. The number of ether oxygens (including phenoxy) is 2. The molecule has 0 fully saturated rings. The van der Waals surface area contributed by atoms with Gasteiger partial charge in [-0.3, -0.25) is 4.79 Å². The van der Waals surface area contributed by atoms with Crippen molar-refractivity contribution in [2.45, 2.75) is 6.10 Å². The van der Waals surface area contributed by atoms with E-state index >= 15 is 0 Å². The minimum atomic E-state index is -0.554. The topological polar surface area (TPSA) is 73.6 Å². The molecule has 12 heavy (non-hydrogen) atoms. The molecular formula is C7H16N2O3. The summed E-state index contributed by atoms with van der Waals surface area (Å²) in [5.41, 5.74) is 5.27. The van der Waals surface area contributed by atoms with Crippen LogP contribution in [-0.4, -0.2) is 45.9 Å². The normalized spacial score (nSPS) is 12.6. The lowest BCUT2D eigenvalue weighted by molar-refractivity contribution is -0.130. The number of carbonyl (C=O) groups excluding carboxylic acids is 1. The Morgan fingerprint density at radius 2 is 2.25 bits per heavy atom. The van der Waals surface area contributed by atoms with E-state index in [0.29, 0.717) is 13.2 Å². The van der Waals surface area contributed by atoms with Crippen LogP contribution < -0.4 is 11.1 Å². The Labute approximate surface area is 72.2 Å². The van der Waals surface area contributed by atoms with E-state index in [9.17, 15) is 4.79 Å². The molecule has 3 N–H and O–H groups in total. The summed E-state index contributed by atoms with van der Waals surface area (Å²) in [4.78, 5) is 11.1. The monoisotopic (exact) mass is 176 g/mol. The number of nitrogens with one attached hydrogen (secondary N) is 1. The van der Waals surface area contributed by atoms with Gasteiger partial charge in [-0.25, -0.2) is 0 Å². The van der Waals surface area contributed by atoms with Crippen LogP contribution in [0.2, 0.25) is 0 Å². The fraction of sp³-hybridized carbons (Fsp3) is 0.857. The first-order chi connectivity index (χ1) is 5.76. The van der Waals surface area contributed by atoms with Crippen molar-refractivity contribution in [1.29, 1.82) is 0 Å². The molecular weight excluding hydrogens is 160 g/mol. The van der Waals surface area contributed by atoms with Crippen LogP contribution in [0.25, 0.3) is 0 Å². The Bertz CT molecular complexity index is 126. The number of hydrogen-bond acceptors (Lipinski definition) is 4. The molecule has 1 amide bonds. The summed E-state index contributed by atoms with van der Waals surface area (Å²) in [5, 5.41) is 2.62. The Morgan fingerprint density at radius 1 is 1.58 bits per heavy atom. The summed E-state index contributed by atoms with van der Waals surface area (Å²) in [6, 6.07) is 0. The molecule has 0 aliphatic rings. The van der Waals surface area contributed by atoms with Crippen LogP contribution in [-0.2, 0) is 14.3 Å². The third-order valence-electron chi connectivity index (χ3n) is 1.40. The largest absolute Gasteiger partial charge is 0.383 e. The average molecular weight is 176 g/mol. The maximum absolute atomic E-state index is 11.1.